The van der Waals surface area contributed by atoms with E-state index >= 15 is 0 Å². The summed E-state index contributed by atoms with van der Waals surface area (Å²) in [6.45, 7) is 0.825. The lowest BCUT2D eigenvalue weighted by Gasteiger charge is -2.03. The Morgan fingerprint density at radius 2 is 1.62 bits per heavy atom. The second-order valence-corrected chi connectivity index (χ2v) is 5.28. The molecule has 0 aliphatic rings. The summed E-state index contributed by atoms with van der Waals surface area (Å²) >= 11 is 0. The topological polar surface area (TPSA) is 69.4 Å². The molecule has 0 unspecified atom stereocenters. The summed E-state index contributed by atoms with van der Waals surface area (Å²) in [4.78, 5) is 0. The van der Waals surface area contributed by atoms with Gasteiger partial charge in [-0.1, -0.05) is 24.3 Å². The lowest BCUT2D eigenvalue weighted by atomic mass is 10.1. The van der Waals surface area contributed by atoms with Crippen LogP contribution in [0, 0.1) is 0 Å². The number of rotatable bonds is 6. The van der Waals surface area contributed by atoms with Crippen molar-refractivity contribution in [3.63, 3.8) is 0 Å². The molecule has 0 fully saturated rings. The zero-order valence-electron chi connectivity index (χ0n) is 9.35. The van der Waals surface area contributed by atoms with Crippen LogP contribution in [-0.4, -0.2) is 27.8 Å². The summed E-state index contributed by atoms with van der Waals surface area (Å²) in [6.07, 6.45) is 2.51. The largest absolute Gasteiger partial charge is 0.330 e. The Labute approximate surface area is 96.5 Å². The van der Waals surface area contributed by atoms with Crippen LogP contribution in [0.15, 0.2) is 24.3 Å². The van der Waals surface area contributed by atoms with Crippen molar-refractivity contribution in [2.24, 2.45) is 5.73 Å². The van der Waals surface area contributed by atoms with Crippen molar-refractivity contribution in [2.75, 3.05) is 19.4 Å². The van der Waals surface area contributed by atoms with E-state index in [2.05, 4.69) is 4.18 Å². The highest BCUT2D eigenvalue weighted by molar-refractivity contribution is 7.85. The van der Waals surface area contributed by atoms with Crippen molar-refractivity contribution in [1.29, 1.82) is 0 Å². The highest BCUT2D eigenvalue weighted by atomic mass is 32.2. The molecule has 0 radical (unpaired) electrons. The van der Waals surface area contributed by atoms with Gasteiger partial charge < -0.3 is 5.73 Å². The fourth-order valence-electron chi connectivity index (χ4n) is 1.35. The molecule has 0 aliphatic carbocycles. The van der Waals surface area contributed by atoms with Crippen molar-refractivity contribution in [3.05, 3.63) is 35.4 Å². The van der Waals surface area contributed by atoms with Crippen molar-refractivity contribution in [2.45, 2.75) is 12.8 Å². The summed E-state index contributed by atoms with van der Waals surface area (Å²) in [5.41, 5.74) is 7.69. The van der Waals surface area contributed by atoms with Crippen LogP contribution in [0.1, 0.15) is 11.1 Å². The highest BCUT2D eigenvalue weighted by Gasteiger charge is 2.01. The zero-order chi connectivity index (χ0) is 12.0. The van der Waals surface area contributed by atoms with Crippen LogP contribution in [0.5, 0.6) is 0 Å². The van der Waals surface area contributed by atoms with Crippen molar-refractivity contribution >= 4 is 10.1 Å². The van der Waals surface area contributed by atoms with E-state index < -0.39 is 10.1 Å². The van der Waals surface area contributed by atoms with E-state index in [0.717, 1.165) is 18.2 Å². The predicted octanol–water partition coefficient (Wildman–Crippen LogP) is 0.707. The van der Waals surface area contributed by atoms with Gasteiger partial charge in [0.2, 0.25) is 0 Å². The number of benzene rings is 1. The van der Waals surface area contributed by atoms with E-state index in [4.69, 9.17) is 5.73 Å². The van der Waals surface area contributed by atoms with Gasteiger partial charge in [0.1, 0.15) is 0 Å². The maximum atomic E-state index is 10.7. The minimum atomic E-state index is -3.33. The van der Waals surface area contributed by atoms with Crippen molar-refractivity contribution in [3.8, 4) is 0 Å². The average Bonchev–Trinajstić information content (AvgIpc) is 2.19. The van der Waals surface area contributed by atoms with Gasteiger partial charge in [0.25, 0.3) is 10.1 Å². The smallest absolute Gasteiger partial charge is 0.264 e. The lowest BCUT2D eigenvalue weighted by molar-refractivity contribution is 0.326. The molecular weight excluding hydrogens is 226 g/mol. The van der Waals surface area contributed by atoms with Crippen molar-refractivity contribution in [1.82, 2.24) is 0 Å². The van der Waals surface area contributed by atoms with Gasteiger partial charge in [0.05, 0.1) is 12.9 Å². The first-order chi connectivity index (χ1) is 7.51. The minimum absolute atomic E-state index is 0.190. The molecule has 0 saturated carbocycles. The molecule has 1 rings (SSSR count). The Balaban J connectivity index is 2.43. The first-order valence-electron chi connectivity index (χ1n) is 5.13. The summed E-state index contributed by atoms with van der Waals surface area (Å²) in [5, 5.41) is 0. The van der Waals surface area contributed by atoms with Crippen LogP contribution in [0.25, 0.3) is 0 Å². The molecule has 0 heterocycles. The Hall–Kier alpha value is -0.910. The molecule has 5 heteroatoms. The molecule has 90 valence electrons. The highest BCUT2D eigenvalue weighted by Crippen LogP contribution is 2.06. The van der Waals surface area contributed by atoms with Gasteiger partial charge in [0, 0.05) is 0 Å². The normalized spacial score (nSPS) is 11.6. The molecule has 0 amide bonds. The van der Waals surface area contributed by atoms with Crippen molar-refractivity contribution < 1.29 is 12.6 Å². The van der Waals surface area contributed by atoms with Crippen LogP contribution in [0.2, 0.25) is 0 Å². The predicted molar refractivity (Wildman–Crippen MR) is 63.7 cm³/mol. The Kier molecular flexibility index (Phi) is 4.92. The summed E-state index contributed by atoms with van der Waals surface area (Å²) < 4.78 is 26.1. The third-order valence-corrected chi connectivity index (χ3v) is 2.74. The van der Waals surface area contributed by atoms with Gasteiger partial charge in [-0.2, -0.15) is 8.42 Å². The van der Waals surface area contributed by atoms with E-state index in [0.29, 0.717) is 13.0 Å². The van der Waals surface area contributed by atoms with Crippen LogP contribution in [-0.2, 0) is 27.1 Å². The van der Waals surface area contributed by atoms with E-state index in [1.54, 1.807) is 0 Å². The molecule has 0 aliphatic heterocycles. The maximum absolute atomic E-state index is 10.7. The average molecular weight is 243 g/mol. The Bertz CT molecular complexity index is 411. The van der Waals surface area contributed by atoms with Crippen LogP contribution >= 0.6 is 0 Å². The summed E-state index contributed by atoms with van der Waals surface area (Å²) in [6, 6.07) is 7.94. The maximum Gasteiger partial charge on any atom is 0.264 e. The van der Waals surface area contributed by atoms with Gasteiger partial charge in [-0.3, -0.25) is 4.18 Å². The molecule has 0 spiro atoms. The van der Waals surface area contributed by atoms with E-state index in [1.807, 2.05) is 24.3 Å². The molecule has 16 heavy (non-hydrogen) atoms. The molecule has 1 aromatic carbocycles. The number of nitrogens with two attached hydrogens (primary N) is 1. The first kappa shape index (κ1) is 13.2. The van der Waals surface area contributed by atoms with Gasteiger partial charge in [-0.05, 0) is 30.5 Å². The molecular formula is C11H17NO3S. The fourth-order valence-corrected chi connectivity index (χ4v) is 1.74. The quantitative estimate of drug-likeness (QED) is 0.747. The monoisotopic (exact) mass is 243 g/mol. The third kappa shape index (κ3) is 5.25. The molecule has 0 aromatic heterocycles. The van der Waals surface area contributed by atoms with E-state index in [9.17, 15) is 8.42 Å². The fraction of sp³-hybridized carbons (Fsp3) is 0.455. The Morgan fingerprint density at radius 3 is 2.06 bits per heavy atom. The minimum Gasteiger partial charge on any atom is -0.330 e. The van der Waals surface area contributed by atoms with Crippen LogP contribution < -0.4 is 5.73 Å². The molecule has 0 bridgehead atoms. The summed E-state index contributed by atoms with van der Waals surface area (Å²) in [7, 11) is -3.33. The molecule has 0 atom stereocenters. The number of hydrogen-bond donors (Lipinski definition) is 1. The third-order valence-electron chi connectivity index (χ3n) is 2.14. The zero-order valence-corrected chi connectivity index (χ0v) is 10.2. The van der Waals surface area contributed by atoms with Gasteiger partial charge in [-0.25, -0.2) is 0 Å². The SMILES string of the molecule is CS(=O)(=O)OCCc1ccc(CCN)cc1. The van der Waals surface area contributed by atoms with Gasteiger partial charge in [-0.15, -0.1) is 0 Å². The molecule has 4 nitrogen and oxygen atoms in total. The standard InChI is InChI=1S/C11H17NO3S/c1-16(13,14)15-9-7-11-4-2-10(3-5-11)6-8-12/h2-5H,6-9,12H2,1H3. The number of hydrogen-bond acceptors (Lipinski definition) is 4. The molecule has 0 saturated heterocycles. The van der Waals surface area contributed by atoms with E-state index in [-0.39, 0.29) is 6.61 Å². The van der Waals surface area contributed by atoms with E-state index in [1.165, 1.54) is 5.56 Å². The molecule has 2 N–H and O–H groups in total. The lowest BCUT2D eigenvalue weighted by Crippen LogP contribution is -2.06. The first-order valence-corrected chi connectivity index (χ1v) is 6.95. The second kappa shape index (κ2) is 5.98. The van der Waals surface area contributed by atoms with Gasteiger partial charge in [0.15, 0.2) is 0 Å². The van der Waals surface area contributed by atoms with Gasteiger partial charge >= 0.3 is 0 Å². The second-order valence-electron chi connectivity index (χ2n) is 3.63. The molecule has 1 aromatic rings. The van der Waals surface area contributed by atoms with Crippen LogP contribution in [0.3, 0.4) is 0 Å². The summed E-state index contributed by atoms with van der Waals surface area (Å²) in [5.74, 6) is 0. The van der Waals surface area contributed by atoms with Crippen LogP contribution in [0.4, 0.5) is 0 Å². The Morgan fingerprint density at radius 1 is 1.12 bits per heavy atom.